The molecule has 0 spiro atoms. The molecule has 0 bridgehead atoms. The maximum atomic E-state index is 5.70. The average molecular weight is 170 g/mol. The average Bonchev–Trinajstić information content (AvgIpc) is 2.58. The largest absolute Gasteiger partial charge is 0.361 e. The van der Waals surface area contributed by atoms with Crippen molar-refractivity contribution >= 4 is 0 Å². The van der Waals surface area contributed by atoms with Crippen molar-refractivity contribution in [3.63, 3.8) is 0 Å². The van der Waals surface area contributed by atoms with E-state index in [9.17, 15) is 0 Å². The molecule has 2 rings (SSSR count). The molecule has 0 radical (unpaired) electrons. The van der Waals surface area contributed by atoms with E-state index in [0.717, 1.165) is 19.7 Å². The molecular formula is C9H18N2O. The highest BCUT2D eigenvalue weighted by Crippen LogP contribution is 2.14. The Labute approximate surface area is 73.9 Å². The quantitative estimate of drug-likeness (QED) is 0.594. The molecular weight excluding hydrogens is 152 g/mol. The fourth-order valence-electron chi connectivity index (χ4n) is 1.93. The van der Waals surface area contributed by atoms with E-state index in [1.54, 1.807) is 0 Å². The van der Waals surface area contributed by atoms with Gasteiger partial charge in [-0.1, -0.05) is 6.92 Å². The van der Waals surface area contributed by atoms with Crippen LogP contribution in [0.1, 0.15) is 19.8 Å². The van der Waals surface area contributed by atoms with Gasteiger partial charge >= 0.3 is 0 Å². The first kappa shape index (κ1) is 8.48. The molecule has 3 heteroatoms. The van der Waals surface area contributed by atoms with Gasteiger partial charge in [0.15, 0.2) is 0 Å². The van der Waals surface area contributed by atoms with Crippen molar-refractivity contribution in [2.45, 2.75) is 32.0 Å². The molecule has 2 fully saturated rings. The Hall–Kier alpha value is -0.120. The van der Waals surface area contributed by atoms with Crippen molar-refractivity contribution in [3.05, 3.63) is 0 Å². The molecule has 3 nitrogen and oxygen atoms in total. The summed E-state index contributed by atoms with van der Waals surface area (Å²) in [6.45, 7) is 5.38. The summed E-state index contributed by atoms with van der Waals surface area (Å²) in [6.07, 6.45) is 2.82. The van der Waals surface area contributed by atoms with Gasteiger partial charge in [-0.05, 0) is 25.3 Å². The Morgan fingerprint density at radius 3 is 2.83 bits per heavy atom. The molecule has 2 aliphatic heterocycles. The van der Waals surface area contributed by atoms with Gasteiger partial charge in [-0.15, -0.1) is 0 Å². The van der Waals surface area contributed by atoms with Gasteiger partial charge in [0.2, 0.25) is 0 Å². The van der Waals surface area contributed by atoms with Gasteiger partial charge in [-0.25, -0.2) is 0 Å². The summed E-state index contributed by atoms with van der Waals surface area (Å²) >= 11 is 0. The Bertz CT molecular complexity index is 137. The maximum Gasteiger partial charge on any atom is 0.123 e. The monoisotopic (exact) mass is 170 g/mol. The predicted octanol–water partition coefficient (Wildman–Crippen LogP) is 0.320. The third-order valence-corrected chi connectivity index (χ3v) is 2.69. The van der Waals surface area contributed by atoms with E-state index in [0.29, 0.717) is 12.0 Å². The van der Waals surface area contributed by atoms with Crippen LogP contribution >= 0.6 is 0 Å². The second kappa shape index (κ2) is 3.73. The smallest absolute Gasteiger partial charge is 0.123 e. The fourth-order valence-corrected chi connectivity index (χ4v) is 1.93. The first-order valence-corrected chi connectivity index (χ1v) is 4.94. The summed E-state index contributed by atoms with van der Waals surface area (Å²) in [7, 11) is 0. The SMILES string of the molecule is CC1CNC(C2CCCN2)OC1. The molecule has 0 aromatic rings. The van der Waals surface area contributed by atoms with Gasteiger partial charge in [-0.3, -0.25) is 5.32 Å². The van der Waals surface area contributed by atoms with Gasteiger partial charge in [0, 0.05) is 12.6 Å². The van der Waals surface area contributed by atoms with Gasteiger partial charge in [0.25, 0.3) is 0 Å². The molecule has 0 amide bonds. The number of nitrogens with one attached hydrogen (secondary N) is 2. The molecule has 0 saturated carbocycles. The topological polar surface area (TPSA) is 33.3 Å². The Morgan fingerprint density at radius 1 is 1.33 bits per heavy atom. The lowest BCUT2D eigenvalue weighted by atomic mass is 10.1. The highest BCUT2D eigenvalue weighted by molar-refractivity contribution is 4.83. The minimum absolute atomic E-state index is 0.267. The Morgan fingerprint density at radius 2 is 2.25 bits per heavy atom. The van der Waals surface area contributed by atoms with Crippen LogP contribution in [0.5, 0.6) is 0 Å². The molecule has 2 N–H and O–H groups in total. The zero-order valence-electron chi connectivity index (χ0n) is 7.68. The van der Waals surface area contributed by atoms with Gasteiger partial charge in [-0.2, -0.15) is 0 Å². The molecule has 3 atom stereocenters. The standard InChI is InChI=1S/C9H18N2O/c1-7-5-11-9(12-6-7)8-3-2-4-10-8/h7-11H,2-6H2,1H3. The van der Waals surface area contributed by atoms with E-state index in [1.165, 1.54) is 12.8 Å². The first-order chi connectivity index (χ1) is 5.86. The molecule has 12 heavy (non-hydrogen) atoms. The minimum Gasteiger partial charge on any atom is -0.361 e. The van der Waals surface area contributed by atoms with Crippen molar-refractivity contribution in [3.8, 4) is 0 Å². The molecule has 2 saturated heterocycles. The van der Waals surface area contributed by atoms with Crippen molar-refractivity contribution < 1.29 is 4.74 Å². The highest BCUT2D eigenvalue weighted by atomic mass is 16.5. The maximum absolute atomic E-state index is 5.70. The van der Waals surface area contributed by atoms with Crippen molar-refractivity contribution in [2.75, 3.05) is 19.7 Å². The van der Waals surface area contributed by atoms with Crippen LogP contribution in [0.2, 0.25) is 0 Å². The van der Waals surface area contributed by atoms with E-state index in [1.807, 2.05) is 0 Å². The van der Waals surface area contributed by atoms with E-state index >= 15 is 0 Å². The second-order valence-electron chi connectivity index (χ2n) is 3.97. The third kappa shape index (κ3) is 1.79. The van der Waals surface area contributed by atoms with Crippen LogP contribution in [0.15, 0.2) is 0 Å². The van der Waals surface area contributed by atoms with Crippen LogP contribution in [0.4, 0.5) is 0 Å². The predicted molar refractivity (Wildman–Crippen MR) is 47.9 cm³/mol. The number of rotatable bonds is 1. The number of hydrogen-bond acceptors (Lipinski definition) is 3. The van der Waals surface area contributed by atoms with Gasteiger partial charge in [0.1, 0.15) is 6.23 Å². The van der Waals surface area contributed by atoms with Crippen molar-refractivity contribution in [2.24, 2.45) is 5.92 Å². The number of hydrogen-bond donors (Lipinski definition) is 2. The summed E-state index contributed by atoms with van der Waals surface area (Å²) in [4.78, 5) is 0. The van der Waals surface area contributed by atoms with Crippen LogP contribution < -0.4 is 10.6 Å². The van der Waals surface area contributed by atoms with Gasteiger partial charge < -0.3 is 10.1 Å². The van der Waals surface area contributed by atoms with Crippen molar-refractivity contribution in [1.29, 1.82) is 0 Å². The van der Waals surface area contributed by atoms with E-state index in [2.05, 4.69) is 17.6 Å². The van der Waals surface area contributed by atoms with E-state index in [-0.39, 0.29) is 6.23 Å². The lowest BCUT2D eigenvalue weighted by Gasteiger charge is -2.32. The van der Waals surface area contributed by atoms with Crippen molar-refractivity contribution in [1.82, 2.24) is 10.6 Å². The summed E-state index contributed by atoms with van der Waals surface area (Å²) in [6, 6.07) is 0.553. The van der Waals surface area contributed by atoms with Crippen LogP contribution in [0.25, 0.3) is 0 Å². The molecule has 2 heterocycles. The second-order valence-corrected chi connectivity index (χ2v) is 3.97. The van der Waals surface area contributed by atoms with Crippen LogP contribution in [0, 0.1) is 5.92 Å². The van der Waals surface area contributed by atoms with Crippen LogP contribution in [-0.2, 0) is 4.74 Å². The molecule has 0 aliphatic carbocycles. The van der Waals surface area contributed by atoms with Crippen LogP contribution in [0.3, 0.4) is 0 Å². The zero-order valence-corrected chi connectivity index (χ0v) is 7.68. The summed E-state index contributed by atoms with van der Waals surface area (Å²) in [5.41, 5.74) is 0. The first-order valence-electron chi connectivity index (χ1n) is 4.94. The lowest BCUT2D eigenvalue weighted by Crippen LogP contribution is -2.52. The van der Waals surface area contributed by atoms with Gasteiger partial charge in [0.05, 0.1) is 6.61 Å². The summed E-state index contributed by atoms with van der Waals surface area (Å²) < 4.78 is 5.70. The van der Waals surface area contributed by atoms with Crippen LogP contribution in [-0.4, -0.2) is 32.0 Å². The lowest BCUT2D eigenvalue weighted by molar-refractivity contribution is -0.0406. The van der Waals surface area contributed by atoms with E-state index < -0.39 is 0 Å². The Kier molecular flexibility index (Phi) is 2.63. The number of ether oxygens (including phenoxy) is 1. The summed E-state index contributed by atoms with van der Waals surface area (Å²) in [5.74, 6) is 0.669. The highest BCUT2D eigenvalue weighted by Gasteiger charge is 2.28. The minimum atomic E-state index is 0.267. The molecule has 3 unspecified atom stereocenters. The molecule has 2 aliphatic rings. The molecule has 0 aromatic carbocycles. The van der Waals surface area contributed by atoms with E-state index in [4.69, 9.17) is 4.74 Å². The summed E-state index contributed by atoms with van der Waals surface area (Å²) in [5, 5.41) is 6.88. The fraction of sp³-hybridized carbons (Fsp3) is 1.00. The molecule has 70 valence electrons. The third-order valence-electron chi connectivity index (χ3n) is 2.69. The molecule has 0 aromatic heterocycles. The normalized spacial score (nSPS) is 43.2. The zero-order chi connectivity index (χ0) is 8.39. The Balaban J connectivity index is 1.80.